The summed E-state index contributed by atoms with van der Waals surface area (Å²) >= 11 is 0. The van der Waals surface area contributed by atoms with Crippen LogP contribution in [-0.4, -0.2) is 17.5 Å². The first kappa shape index (κ1) is 22.4. The van der Waals surface area contributed by atoms with Crippen LogP contribution in [0.5, 0.6) is 0 Å². The summed E-state index contributed by atoms with van der Waals surface area (Å²) in [6, 6.07) is 0. The van der Waals surface area contributed by atoms with Crippen molar-refractivity contribution in [3.63, 3.8) is 0 Å². The Bertz CT molecular complexity index is 104. The largest absolute Gasteiger partial charge is 1.00 e. The zero-order valence-electron chi connectivity index (χ0n) is 6.42. The van der Waals surface area contributed by atoms with Gasteiger partial charge in [0.25, 0.3) is 0 Å². The molecule has 0 fully saturated rings. The van der Waals surface area contributed by atoms with E-state index in [2.05, 4.69) is 0 Å². The Morgan fingerprint density at radius 1 is 1.12 bits per heavy atom. The van der Waals surface area contributed by atoms with Crippen LogP contribution in [0.15, 0.2) is 0 Å². The maximum Gasteiger partial charge on any atom is 1.00 e. The zero-order chi connectivity index (χ0) is 4.50. The molecule has 4 nitrogen and oxygen atoms in total. The van der Waals surface area contributed by atoms with Crippen molar-refractivity contribution in [2.24, 2.45) is 0 Å². The smallest absolute Gasteiger partial charge is 1.00 e. The van der Waals surface area contributed by atoms with Crippen molar-refractivity contribution in [2.75, 3.05) is 0 Å². The van der Waals surface area contributed by atoms with Crippen LogP contribution < -0.4 is 59.1 Å². The standard InChI is InChI=1S/Au.2Na.H2O4S.2H/c;;;1-5(2,3)4;;/h;;;(H2,1,2,3,4);;/q;2*+1;;2*-1. The quantitative estimate of drug-likeness (QED) is 0.339. The molecule has 8 heteroatoms. The first-order valence-electron chi connectivity index (χ1n) is 0.698. The Morgan fingerprint density at radius 2 is 1.12 bits per heavy atom. The van der Waals surface area contributed by atoms with Gasteiger partial charge in [-0.25, -0.2) is 0 Å². The van der Waals surface area contributed by atoms with Gasteiger partial charge in [0, 0.05) is 22.4 Å². The molecule has 0 aromatic heterocycles. The fourth-order valence-electron chi connectivity index (χ4n) is 0. The van der Waals surface area contributed by atoms with Gasteiger partial charge in [0.2, 0.25) is 0 Å². The third-order valence-corrected chi connectivity index (χ3v) is 0. The first-order valence-corrected chi connectivity index (χ1v) is 2.10. The second-order valence-corrected chi connectivity index (χ2v) is 1.34. The molecule has 0 aliphatic heterocycles. The molecule has 0 unspecified atom stereocenters. The third-order valence-electron chi connectivity index (χ3n) is 0. The Morgan fingerprint density at radius 3 is 1.12 bits per heavy atom. The van der Waals surface area contributed by atoms with E-state index in [0.717, 1.165) is 0 Å². The molecule has 0 saturated carbocycles. The Kier molecular flexibility index (Phi) is 26.9. The predicted molar refractivity (Wildman–Crippen MR) is 16.4 cm³/mol. The normalized spacial score (nSPS) is 7.25. The summed E-state index contributed by atoms with van der Waals surface area (Å²) < 4.78 is 31.6. The molecule has 0 amide bonds. The Labute approximate surface area is 110 Å². The maximum absolute atomic E-state index is 8.74. The van der Waals surface area contributed by atoms with E-state index in [0.29, 0.717) is 0 Å². The predicted octanol–water partition coefficient (Wildman–Crippen LogP) is -6.42. The van der Waals surface area contributed by atoms with E-state index in [1.165, 1.54) is 0 Å². The van der Waals surface area contributed by atoms with Gasteiger partial charge in [0.15, 0.2) is 0 Å². The summed E-state index contributed by atoms with van der Waals surface area (Å²) in [6.45, 7) is 0. The fourth-order valence-corrected chi connectivity index (χ4v) is 0. The third kappa shape index (κ3) is 73.2. The molecular weight excluding hydrogens is 339 g/mol. The van der Waals surface area contributed by atoms with Gasteiger partial charge in [-0.3, -0.25) is 9.11 Å². The van der Waals surface area contributed by atoms with Crippen LogP contribution in [0, 0.1) is 0 Å². The van der Waals surface area contributed by atoms with Crippen molar-refractivity contribution in [3.8, 4) is 0 Å². The zero-order valence-corrected chi connectivity index (χ0v) is 11.4. The Hall–Kier alpha value is 2.61. The van der Waals surface area contributed by atoms with Crippen LogP contribution in [0.3, 0.4) is 0 Å². The average Bonchev–Trinajstić information content (AvgIpc) is 0.722. The van der Waals surface area contributed by atoms with E-state index < -0.39 is 10.4 Å². The topological polar surface area (TPSA) is 74.6 Å². The Balaban J connectivity index is -0.00000000800. The summed E-state index contributed by atoms with van der Waals surface area (Å²) in [5.74, 6) is 0. The molecule has 0 saturated heterocycles. The van der Waals surface area contributed by atoms with Crippen LogP contribution in [-0.2, 0) is 32.8 Å². The molecule has 0 rings (SSSR count). The number of hydrogen-bond acceptors (Lipinski definition) is 2. The van der Waals surface area contributed by atoms with Gasteiger partial charge in [-0.05, 0) is 0 Å². The molecule has 0 atom stereocenters. The van der Waals surface area contributed by atoms with E-state index in [1.807, 2.05) is 0 Å². The van der Waals surface area contributed by atoms with Gasteiger partial charge < -0.3 is 2.85 Å². The van der Waals surface area contributed by atoms with Gasteiger partial charge in [0.1, 0.15) is 0 Å². The van der Waals surface area contributed by atoms with Gasteiger partial charge in [-0.15, -0.1) is 0 Å². The minimum atomic E-state index is -4.67. The molecule has 2 N–H and O–H groups in total. The van der Waals surface area contributed by atoms with Crippen molar-refractivity contribution < 1.29 is 102 Å². The molecule has 8 heavy (non-hydrogen) atoms. The molecule has 0 spiro atoms. The van der Waals surface area contributed by atoms with Crippen molar-refractivity contribution in [3.05, 3.63) is 0 Å². The maximum atomic E-state index is 8.74. The molecule has 0 aromatic rings. The van der Waals surface area contributed by atoms with E-state index in [-0.39, 0.29) is 84.3 Å². The van der Waals surface area contributed by atoms with Crippen LogP contribution >= 0.6 is 0 Å². The van der Waals surface area contributed by atoms with Crippen molar-refractivity contribution in [1.29, 1.82) is 0 Å². The fraction of sp³-hybridized carbons (Fsp3) is 0. The minimum absolute atomic E-state index is 0. The van der Waals surface area contributed by atoms with Gasteiger partial charge in [-0.1, -0.05) is 0 Å². The molecule has 0 aromatic carbocycles. The van der Waals surface area contributed by atoms with Crippen LogP contribution in [0.25, 0.3) is 0 Å². The minimum Gasteiger partial charge on any atom is -1.00 e. The van der Waals surface area contributed by atoms with Gasteiger partial charge in [0.05, 0.1) is 0 Å². The van der Waals surface area contributed by atoms with Crippen LogP contribution in [0.2, 0.25) is 0 Å². The molecule has 0 aliphatic carbocycles. The summed E-state index contributed by atoms with van der Waals surface area (Å²) in [7, 11) is -4.67. The molecule has 1 radical (unpaired) electrons. The van der Waals surface area contributed by atoms with Crippen molar-refractivity contribution >= 4 is 10.4 Å². The van der Waals surface area contributed by atoms with E-state index in [1.54, 1.807) is 0 Å². The van der Waals surface area contributed by atoms with Crippen molar-refractivity contribution in [2.45, 2.75) is 0 Å². The monoisotopic (exact) mass is 343 g/mol. The summed E-state index contributed by atoms with van der Waals surface area (Å²) in [5.41, 5.74) is 0. The molecule has 47 valence electrons. The molecule has 0 heterocycles. The van der Waals surface area contributed by atoms with E-state index in [9.17, 15) is 0 Å². The van der Waals surface area contributed by atoms with Gasteiger partial charge >= 0.3 is 69.5 Å². The van der Waals surface area contributed by atoms with Gasteiger partial charge in [-0.2, -0.15) is 8.42 Å². The second-order valence-electron chi connectivity index (χ2n) is 0.448. The number of hydrogen-bond donors (Lipinski definition) is 2. The molecule has 0 aliphatic rings. The van der Waals surface area contributed by atoms with Crippen LogP contribution in [0.1, 0.15) is 2.85 Å². The summed E-state index contributed by atoms with van der Waals surface area (Å²) in [5, 5.41) is 0. The first-order chi connectivity index (χ1) is 2.00. The number of rotatable bonds is 0. The SMILES string of the molecule is O=S(=O)(O)O.[Au].[H-].[H-].[Na+].[Na+]. The summed E-state index contributed by atoms with van der Waals surface area (Å²) in [6.07, 6.45) is 0. The average molecular weight is 343 g/mol. The van der Waals surface area contributed by atoms with E-state index >= 15 is 0 Å². The van der Waals surface area contributed by atoms with Crippen molar-refractivity contribution in [1.82, 2.24) is 0 Å². The second kappa shape index (κ2) is 9.61. The van der Waals surface area contributed by atoms with Crippen LogP contribution in [0.4, 0.5) is 0 Å². The molecular formula is H4AuNa2O4S. The summed E-state index contributed by atoms with van der Waals surface area (Å²) in [4.78, 5) is 0. The molecule has 0 bridgehead atoms. The van der Waals surface area contributed by atoms with E-state index in [4.69, 9.17) is 17.5 Å².